The molecule has 0 spiro atoms. The summed E-state index contributed by atoms with van der Waals surface area (Å²) in [7, 11) is 1.58. The average molecular weight is 286 g/mol. The number of ether oxygens (including phenoxy) is 1. The molecule has 1 amide bonds. The van der Waals surface area contributed by atoms with E-state index < -0.39 is 12.1 Å². The van der Waals surface area contributed by atoms with Crippen LogP contribution in [0.5, 0.6) is 5.75 Å². The Hall–Kier alpha value is -2.96. The molecule has 7 nitrogen and oxygen atoms in total. The van der Waals surface area contributed by atoms with Gasteiger partial charge in [0, 0.05) is 5.69 Å². The van der Waals surface area contributed by atoms with Crippen molar-refractivity contribution in [1.82, 2.24) is 0 Å². The van der Waals surface area contributed by atoms with Crippen LogP contribution in [-0.2, 0) is 4.79 Å². The second-order valence-corrected chi connectivity index (χ2v) is 4.50. The Kier molecular flexibility index (Phi) is 3.02. The number of methoxy groups -OCH3 is 1. The SMILES string of the molecule is COc1ccc(N2C(N)=c3ccoc3=NC2C(N)=O)cc1. The molecule has 0 bridgehead atoms. The van der Waals surface area contributed by atoms with Crippen molar-refractivity contribution in [1.29, 1.82) is 0 Å². The van der Waals surface area contributed by atoms with Crippen LogP contribution in [-0.4, -0.2) is 19.2 Å². The lowest BCUT2D eigenvalue weighted by atomic mass is 10.2. The van der Waals surface area contributed by atoms with Gasteiger partial charge in [-0.05, 0) is 30.3 Å². The van der Waals surface area contributed by atoms with Crippen LogP contribution in [0.15, 0.2) is 46.0 Å². The number of anilines is 1. The third-order valence-corrected chi connectivity index (χ3v) is 3.27. The van der Waals surface area contributed by atoms with Crippen molar-refractivity contribution in [2.75, 3.05) is 12.0 Å². The largest absolute Gasteiger partial charge is 0.497 e. The molecule has 1 aromatic heterocycles. The summed E-state index contributed by atoms with van der Waals surface area (Å²) in [5.74, 6) is 0.449. The van der Waals surface area contributed by atoms with Crippen LogP contribution in [0.25, 0.3) is 5.82 Å². The van der Waals surface area contributed by atoms with Gasteiger partial charge in [0.15, 0.2) is 0 Å². The Morgan fingerprint density at radius 3 is 2.67 bits per heavy atom. The zero-order chi connectivity index (χ0) is 15.0. The first-order chi connectivity index (χ1) is 10.1. The third kappa shape index (κ3) is 2.08. The second-order valence-electron chi connectivity index (χ2n) is 4.50. The van der Waals surface area contributed by atoms with Crippen molar-refractivity contribution >= 4 is 17.4 Å². The van der Waals surface area contributed by atoms with Crippen LogP contribution in [0.3, 0.4) is 0 Å². The zero-order valence-electron chi connectivity index (χ0n) is 11.3. The molecule has 1 atom stereocenters. The number of nitrogens with zero attached hydrogens (tertiary/aromatic N) is 2. The van der Waals surface area contributed by atoms with Crippen molar-refractivity contribution in [3.05, 3.63) is 47.4 Å². The smallest absolute Gasteiger partial charge is 0.263 e. The van der Waals surface area contributed by atoms with E-state index in [1.807, 2.05) is 0 Å². The molecule has 1 aromatic carbocycles. The number of amides is 1. The Morgan fingerprint density at radius 2 is 2.05 bits per heavy atom. The van der Waals surface area contributed by atoms with Crippen LogP contribution in [0, 0.1) is 0 Å². The van der Waals surface area contributed by atoms with Crippen LogP contribution in [0.4, 0.5) is 5.69 Å². The molecular formula is C14H14N4O3. The summed E-state index contributed by atoms with van der Waals surface area (Å²) < 4.78 is 10.3. The molecule has 7 heteroatoms. The summed E-state index contributed by atoms with van der Waals surface area (Å²) in [6, 6.07) is 8.80. The predicted octanol–water partition coefficient (Wildman–Crippen LogP) is -0.736. The van der Waals surface area contributed by atoms with Gasteiger partial charge in [-0.1, -0.05) is 0 Å². The quantitative estimate of drug-likeness (QED) is 0.773. The van der Waals surface area contributed by atoms with Crippen molar-refractivity contribution in [2.24, 2.45) is 16.5 Å². The minimum atomic E-state index is -0.947. The van der Waals surface area contributed by atoms with Gasteiger partial charge in [-0.25, -0.2) is 4.99 Å². The molecule has 2 heterocycles. The van der Waals surface area contributed by atoms with E-state index >= 15 is 0 Å². The fraction of sp³-hybridized carbons (Fsp3) is 0.143. The number of hydrogen-bond donors (Lipinski definition) is 2. The number of primary amides is 1. The monoisotopic (exact) mass is 286 g/mol. The predicted molar refractivity (Wildman–Crippen MR) is 75.5 cm³/mol. The molecule has 0 saturated carbocycles. The van der Waals surface area contributed by atoms with Gasteiger partial charge in [-0.3, -0.25) is 9.69 Å². The van der Waals surface area contributed by atoms with E-state index in [9.17, 15) is 4.79 Å². The lowest BCUT2D eigenvalue weighted by molar-refractivity contribution is -0.119. The Labute approximate surface area is 120 Å². The maximum atomic E-state index is 11.7. The first kappa shape index (κ1) is 13.0. The number of benzene rings is 1. The lowest BCUT2D eigenvalue weighted by Gasteiger charge is -2.30. The van der Waals surface area contributed by atoms with Gasteiger partial charge in [0.25, 0.3) is 5.91 Å². The van der Waals surface area contributed by atoms with Gasteiger partial charge in [0.05, 0.1) is 18.6 Å². The molecule has 0 aliphatic carbocycles. The molecule has 0 saturated heterocycles. The highest BCUT2D eigenvalue weighted by molar-refractivity contribution is 5.88. The van der Waals surface area contributed by atoms with E-state index in [0.29, 0.717) is 28.0 Å². The third-order valence-electron chi connectivity index (χ3n) is 3.27. The fourth-order valence-corrected chi connectivity index (χ4v) is 2.24. The second kappa shape index (κ2) is 4.86. The summed E-state index contributed by atoms with van der Waals surface area (Å²) in [4.78, 5) is 17.5. The fourth-order valence-electron chi connectivity index (χ4n) is 2.24. The molecule has 0 radical (unpaired) electrons. The molecule has 1 unspecified atom stereocenters. The first-order valence-electron chi connectivity index (χ1n) is 6.25. The number of carbonyl (C=O) groups is 1. The van der Waals surface area contributed by atoms with E-state index in [2.05, 4.69) is 4.99 Å². The number of rotatable bonds is 3. The van der Waals surface area contributed by atoms with Crippen LogP contribution >= 0.6 is 0 Å². The normalized spacial score (nSPS) is 17.1. The summed E-state index contributed by atoms with van der Waals surface area (Å²) >= 11 is 0. The maximum Gasteiger partial charge on any atom is 0.263 e. The van der Waals surface area contributed by atoms with E-state index in [4.69, 9.17) is 20.6 Å². The molecule has 2 aromatic rings. The Bertz CT molecular complexity index is 794. The van der Waals surface area contributed by atoms with Crippen LogP contribution < -0.4 is 31.9 Å². The van der Waals surface area contributed by atoms with E-state index in [1.165, 1.54) is 6.26 Å². The van der Waals surface area contributed by atoms with Gasteiger partial charge in [0.1, 0.15) is 11.6 Å². The highest BCUT2D eigenvalue weighted by atomic mass is 16.5. The van der Waals surface area contributed by atoms with Crippen molar-refractivity contribution < 1.29 is 13.9 Å². The minimum absolute atomic E-state index is 0.307. The number of nitrogens with two attached hydrogens (primary N) is 2. The van der Waals surface area contributed by atoms with Gasteiger partial charge < -0.3 is 20.6 Å². The van der Waals surface area contributed by atoms with Crippen LogP contribution in [0.1, 0.15) is 0 Å². The molecule has 108 valence electrons. The highest BCUT2D eigenvalue weighted by Crippen LogP contribution is 2.24. The molecular weight excluding hydrogens is 272 g/mol. The number of hydrogen-bond acceptors (Lipinski definition) is 6. The molecule has 0 fully saturated rings. The summed E-state index contributed by atoms with van der Waals surface area (Å²) in [5, 5.41) is 0.628. The van der Waals surface area contributed by atoms with Gasteiger partial charge in [-0.2, -0.15) is 0 Å². The standard InChI is InChI=1S/C14H14N4O3/c1-20-9-4-2-8(3-5-9)18-11(15)10-6-7-21-14(10)17-13(18)12(16)19/h2-7,13H,15H2,1H3,(H2,16,19). The van der Waals surface area contributed by atoms with E-state index in [1.54, 1.807) is 42.3 Å². The summed E-state index contributed by atoms with van der Waals surface area (Å²) in [6.45, 7) is 0. The Morgan fingerprint density at radius 1 is 1.33 bits per heavy atom. The number of fused-ring (bicyclic) bond motifs is 1. The maximum absolute atomic E-state index is 11.7. The molecule has 21 heavy (non-hydrogen) atoms. The van der Waals surface area contributed by atoms with Gasteiger partial charge >= 0.3 is 0 Å². The van der Waals surface area contributed by atoms with E-state index in [0.717, 1.165) is 0 Å². The van der Waals surface area contributed by atoms with Crippen molar-refractivity contribution in [3.63, 3.8) is 0 Å². The Balaban J connectivity index is 2.16. The zero-order valence-corrected chi connectivity index (χ0v) is 11.3. The number of furan rings is 1. The van der Waals surface area contributed by atoms with Crippen molar-refractivity contribution in [3.8, 4) is 5.75 Å². The highest BCUT2D eigenvalue weighted by Gasteiger charge is 2.29. The van der Waals surface area contributed by atoms with Gasteiger partial charge in [0.2, 0.25) is 11.7 Å². The molecule has 3 rings (SSSR count). The van der Waals surface area contributed by atoms with E-state index in [-0.39, 0.29) is 0 Å². The lowest BCUT2D eigenvalue weighted by Crippen LogP contribution is -2.52. The first-order valence-corrected chi connectivity index (χ1v) is 6.25. The molecule has 4 N–H and O–H groups in total. The van der Waals surface area contributed by atoms with Crippen LogP contribution in [0.2, 0.25) is 0 Å². The van der Waals surface area contributed by atoms with Gasteiger partial charge in [-0.15, -0.1) is 0 Å². The topological polar surface area (TPSA) is 107 Å². The van der Waals surface area contributed by atoms with Crippen molar-refractivity contribution in [2.45, 2.75) is 6.17 Å². The average Bonchev–Trinajstić information content (AvgIpc) is 2.96. The number of carbonyl (C=O) groups excluding carboxylic acids is 1. The minimum Gasteiger partial charge on any atom is -0.497 e. The molecule has 1 aliphatic heterocycles. The molecule has 1 aliphatic rings. The summed E-state index contributed by atoms with van der Waals surface area (Å²) in [6.07, 6.45) is 0.522. The summed E-state index contributed by atoms with van der Waals surface area (Å²) in [5.41, 5.74) is 12.6.